The first kappa shape index (κ1) is 19.8. The van der Waals surface area contributed by atoms with E-state index in [9.17, 15) is 28.1 Å². The maximum Gasteiger partial charge on any atom is 0.416 e. The number of alkyl halides is 3. The van der Waals surface area contributed by atoms with Crippen molar-refractivity contribution < 1.29 is 22.9 Å². The summed E-state index contributed by atoms with van der Waals surface area (Å²) in [5.41, 5.74) is 0.654. The fourth-order valence-corrected chi connectivity index (χ4v) is 2.96. The number of carbonyl (C=O) groups excluding carboxylic acids is 1. The van der Waals surface area contributed by atoms with E-state index in [1.807, 2.05) is 26.0 Å². The minimum atomic E-state index is -4.67. The molecule has 0 aliphatic heterocycles. The number of thioether (sulfide) groups is 1. The van der Waals surface area contributed by atoms with Gasteiger partial charge < -0.3 is 5.32 Å². The van der Waals surface area contributed by atoms with Gasteiger partial charge in [0, 0.05) is 11.8 Å². The molecule has 0 saturated heterocycles. The van der Waals surface area contributed by atoms with Crippen LogP contribution in [-0.4, -0.2) is 16.6 Å². The number of benzene rings is 2. The fourth-order valence-electron chi connectivity index (χ4n) is 2.16. The number of anilines is 1. The van der Waals surface area contributed by atoms with Crippen molar-refractivity contribution in [3.8, 4) is 0 Å². The van der Waals surface area contributed by atoms with Gasteiger partial charge in [0.1, 0.15) is 0 Å². The maximum atomic E-state index is 12.7. The number of nitrogens with zero attached hydrogens (tertiary/aromatic N) is 1. The Morgan fingerprint density at radius 3 is 2.50 bits per heavy atom. The van der Waals surface area contributed by atoms with Gasteiger partial charge in [0.15, 0.2) is 0 Å². The second-order valence-corrected chi connectivity index (χ2v) is 6.61. The van der Waals surface area contributed by atoms with Crippen LogP contribution in [0.15, 0.2) is 41.3 Å². The van der Waals surface area contributed by atoms with Gasteiger partial charge in [-0.15, -0.1) is 11.8 Å². The Bertz CT molecular complexity index is 854. The predicted molar refractivity (Wildman–Crippen MR) is 93.4 cm³/mol. The smallest absolute Gasteiger partial charge is 0.325 e. The second-order valence-electron chi connectivity index (χ2n) is 5.59. The molecule has 0 aliphatic carbocycles. The van der Waals surface area contributed by atoms with Crippen molar-refractivity contribution in [1.29, 1.82) is 0 Å². The molecule has 0 unspecified atom stereocenters. The van der Waals surface area contributed by atoms with Crippen LogP contribution in [0, 0.1) is 24.0 Å². The molecule has 2 aromatic rings. The van der Waals surface area contributed by atoms with Crippen LogP contribution < -0.4 is 5.32 Å². The Labute approximate surface area is 151 Å². The molecule has 0 fully saturated rings. The number of aryl methyl sites for hydroxylation is 2. The second kappa shape index (κ2) is 7.77. The summed E-state index contributed by atoms with van der Waals surface area (Å²) in [4.78, 5) is 22.2. The Balaban J connectivity index is 2.12. The average Bonchev–Trinajstić information content (AvgIpc) is 2.55. The van der Waals surface area contributed by atoms with Crippen LogP contribution in [0.1, 0.15) is 16.7 Å². The van der Waals surface area contributed by atoms with Gasteiger partial charge in [-0.1, -0.05) is 12.1 Å². The average molecular weight is 384 g/mol. The number of carbonyl (C=O) groups is 1. The third-order valence-corrected chi connectivity index (χ3v) is 4.57. The molecule has 2 rings (SSSR count). The fraction of sp³-hybridized carbons (Fsp3) is 0.235. The van der Waals surface area contributed by atoms with E-state index in [0.717, 1.165) is 35.0 Å². The molecule has 0 saturated carbocycles. The minimum absolute atomic E-state index is 0.000820. The van der Waals surface area contributed by atoms with Crippen molar-refractivity contribution in [2.75, 3.05) is 11.1 Å². The van der Waals surface area contributed by atoms with Gasteiger partial charge in [0.25, 0.3) is 5.69 Å². The zero-order chi connectivity index (χ0) is 19.5. The highest BCUT2D eigenvalue weighted by Crippen LogP contribution is 2.36. The van der Waals surface area contributed by atoms with Gasteiger partial charge in [-0.2, -0.15) is 13.2 Å². The monoisotopic (exact) mass is 384 g/mol. The van der Waals surface area contributed by atoms with Crippen LogP contribution in [0.2, 0.25) is 0 Å². The molecular formula is C17H15F3N2O3S. The maximum absolute atomic E-state index is 12.7. The standard InChI is InChI=1S/C17H15F3N2O3S/c1-10-3-4-11(2)13(7-10)21-16(23)9-26-15-6-5-12(17(18,19)20)8-14(15)22(24)25/h3-8H,9H2,1-2H3,(H,21,23). The molecule has 0 heterocycles. The van der Waals surface area contributed by atoms with Gasteiger partial charge in [-0.25, -0.2) is 0 Å². The van der Waals surface area contributed by atoms with Crippen LogP contribution >= 0.6 is 11.8 Å². The molecule has 0 atom stereocenters. The summed E-state index contributed by atoms with van der Waals surface area (Å²) in [5, 5.41) is 13.7. The number of halogens is 3. The number of hydrogen-bond donors (Lipinski definition) is 1. The lowest BCUT2D eigenvalue weighted by Crippen LogP contribution is -2.15. The van der Waals surface area contributed by atoms with E-state index in [1.54, 1.807) is 6.07 Å². The normalized spacial score (nSPS) is 11.3. The number of nitro groups is 1. The predicted octanol–water partition coefficient (Wildman–Crippen LogP) is 4.96. The van der Waals surface area contributed by atoms with Crippen molar-refractivity contribution >= 4 is 29.0 Å². The van der Waals surface area contributed by atoms with Crippen LogP contribution in [0.25, 0.3) is 0 Å². The largest absolute Gasteiger partial charge is 0.416 e. The van der Waals surface area contributed by atoms with Gasteiger partial charge in [0.05, 0.1) is 21.1 Å². The highest BCUT2D eigenvalue weighted by molar-refractivity contribution is 8.00. The van der Waals surface area contributed by atoms with Crippen molar-refractivity contribution in [3.63, 3.8) is 0 Å². The minimum Gasteiger partial charge on any atom is -0.325 e. The Kier molecular flexibility index (Phi) is 5.91. The van der Waals surface area contributed by atoms with E-state index < -0.39 is 28.3 Å². The van der Waals surface area contributed by atoms with Gasteiger partial charge >= 0.3 is 6.18 Å². The van der Waals surface area contributed by atoms with Crippen LogP contribution in [0.4, 0.5) is 24.5 Å². The third kappa shape index (κ3) is 4.98. The molecule has 0 spiro atoms. The van der Waals surface area contributed by atoms with E-state index in [0.29, 0.717) is 11.8 Å². The van der Waals surface area contributed by atoms with E-state index in [1.165, 1.54) is 0 Å². The van der Waals surface area contributed by atoms with Crippen LogP contribution in [-0.2, 0) is 11.0 Å². The number of hydrogen-bond acceptors (Lipinski definition) is 4. The number of amides is 1. The molecule has 1 amide bonds. The topological polar surface area (TPSA) is 72.2 Å². The summed E-state index contributed by atoms with van der Waals surface area (Å²) < 4.78 is 38.1. The first-order chi connectivity index (χ1) is 12.1. The molecule has 2 aromatic carbocycles. The number of rotatable bonds is 5. The van der Waals surface area contributed by atoms with Crippen LogP contribution in [0.3, 0.4) is 0 Å². The lowest BCUT2D eigenvalue weighted by Gasteiger charge is -2.10. The van der Waals surface area contributed by atoms with Gasteiger partial charge in [0.2, 0.25) is 5.91 Å². The summed E-state index contributed by atoms with van der Waals surface area (Å²) in [5.74, 6) is -0.572. The molecule has 0 aromatic heterocycles. The van der Waals surface area contributed by atoms with Gasteiger partial charge in [-0.3, -0.25) is 14.9 Å². The van der Waals surface area contributed by atoms with Crippen molar-refractivity contribution in [3.05, 3.63) is 63.2 Å². The number of nitrogens with one attached hydrogen (secondary N) is 1. The van der Waals surface area contributed by atoms with E-state index in [4.69, 9.17) is 0 Å². The molecule has 138 valence electrons. The third-order valence-electron chi connectivity index (χ3n) is 3.51. The molecule has 9 heteroatoms. The van der Waals surface area contributed by atoms with E-state index in [-0.39, 0.29) is 10.6 Å². The molecule has 0 bridgehead atoms. The molecule has 0 aliphatic rings. The molecule has 5 nitrogen and oxygen atoms in total. The summed E-state index contributed by atoms with van der Waals surface area (Å²) in [6, 6.07) is 7.78. The Morgan fingerprint density at radius 2 is 1.88 bits per heavy atom. The summed E-state index contributed by atoms with van der Waals surface area (Å²) in [7, 11) is 0. The lowest BCUT2D eigenvalue weighted by molar-refractivity contribution is -0.388. The zero-order valence-corrected chi connectivity index (χ0v) is 14.7. The van der Waals surface area contributed by atoms with Crippen LogP contribution in [0.5, 0.6) is 0 Å². The number of nitro benzene ring substituents is 1. The summed E-state index contributed by atoms with van der Waals surface area (Å²) >= 11 is 0.811. The lowest BCUT2D eigenvalue weighted by atomic mass is 10.1. The molecule has 0 radical (unpaired) electrons. The summed E-state index contributed by atoms with van der Waals surface area (Å²) in [6.45, 7) is 3.69. The quantitative estimate of drug-likeness (QED) is 0.449. The first-order valence-corrected chi connectivity index (χ1v) is 8.42. The van der Waals surface area contributed by atoms with Crippen molar-refractivity contribution in [2.24, 2.45) is 0 Å². The Morgan fingerprint density at radius 1 is 1.19 bits per heavy atom. The van der Waals surface area contributed by atoms with Crippen molar-refractivity contribution in [1.82, 2.24) is 0 Å². The molecule has 26 heavy (non-hydrogen) atoms. The van der Waals surface area contributed by atoms with E-state index in [2.05, 4.69) is 5.32 Å². The molecular weight excluding hydrogens is 369 g/mol. The summed E-state index contributed by atoms with van der Waals surface area (Å²) in [6.07, 6.45) is -4.67. The SMILES string of the molecule is Cc1ccc(C)c(NC(=O)CSc2ccc(C(F)(F)F)cc2[N+](=O)[O-])c1. The zero-order valence-electron chi connectivity index (χ0n) is 13.9. The van der Waals surface area contributed by atoms with E-state index >= 15 is 0 Å². The van der Waals surface area contributed by atoms with Gasteiger partial charge in [-0.05, 0) is 43.2 Å². The Hall–Kier alpha value is -2.55. The first-order valence-electron chi connectivity index (χ1n) is 7.43. The highest BCUT2D eigenvalue weighted by Gasteiger charge is 2.33. The highest BCUT2D eigenvalue weighted by atomic mass is 32.2. The molecule has 1 N–H and O–H groups in total. The van der Waals surface area contributed by atoms with Crippen molar-refractivity contribution in [2.45, 2.75) is 24.9 Å².